The number of aromatic carboxylic acids is 1. The number of benzene rings is 2. The van der Waals surface area contributed by atoms with Gasteiger partial charge in [-0.05, 0) is 29.8 Å². The summed E-state index contributed by atoms with van der Waals surface area (Å²) in [7, 11) is 0. The minimum Gasteiger partial charge on any atom is -0.506 e. The number of hydrogen-bond acceptors (Lipinski definition) is 4. The van der Waals surface area contributed by atoms with Gasteiger partial charge in [0.25, 0.3) is 0 Å². The molecule has 5 nitrogen and oxygen atoms in total. The van der Waals surface area contributed by atoms with E-state index in [0.717, 1.165) is 0 Å². The Balaban J connectivity index is 2.27. The Bertz CT molecular complexity index is 735. The third kappa shape index (κ3) is 3.27. The molecule has 21 heavy (non-hydrogen) atoms. The van der Waals surface area contributed by atoms with Crippen LogP contribution in [0.5, 0.6) is 5.75 Å². The van der Waals surface area contributed by atoms with Gasteiger partial charge in [0.05, 0.1) is 11.3 Å². The molecule has 0 aromatic heterocycles. The second-order valence-corrected chi connectivity index (χ2v) is 4.37. The monoisotopic (exact) mass is 283 g/mol. The first kappa shape index (κ1) is 14.3. The maximum absolute atomic E-state index is 12.1. The zero-order valence-corrected chi connectivity index (χ0v) is 11.0. The normalized spacial score (nSPS) is 10.7. The highest BCUT2D eigenvalue weighted by Crippen LogP contribution is 2.21. The quantitative estimate of drug-likeness (QED) is 0.346. The highest BCUT2D eigenvalue weighted by molar-refractivity contribution is 6.12. The van der Waals surface area contributed by atoms with Crippen LogP contribution in [0.15, 0.2) is 48.5 Å². The largest absolute Gasteiger partial charge is 0.506 e. The van der Waals surface area contributed by atoms with Gasteiger partial charge in [0, 0.05) is 5.56 Å². The molecule has 5 heteroatoms. The summed E-state index contributed by atoms with van der Waals surface area (Å²) in [5.74, 6) is -1.66. The van der Waals surface area contributed by atoms with E-state index in [1.807, 2.05) is 0 Å². The van der Waals surface area contributed by atoms with Crippen LogP contribution in [0, 0.1) is 0 Å². The Hall–Kier alpha value is -3.08. The van der Waals surface area contributed by atoms with Gasteiger partial charge < -0.3 is 15.9 Å². The van der Waals surface area contributed by atoms with Crippen LogP contribution in [-0.2, 0) is 0 Å². The number of ketones is 1. The molecule has 4 N–H and O–H groups in total. The highest BCUT2D eigenvalue weighted by Gasteiger charge is 2.13. The summed E-state index contributed by atoms with van der Waals surface area (Å²) in [6.45, 7) is 0. The van der Waals surface area contributed by atoms with E-state index in [2.05, 4.69) is 0 Å². The van der Waals surface area contributed by atoms with Crippen molar-refractivity contribution in [2.75, 3.05) is 5.73 Å². The molecule has 0 aliphatic rings. The van der Waals surface area contributed by atoms with E-state index in [1.54, 1.807) is 18.2 Å². The molecule has 0 bridgehead atoms. The summed E-state index contributed by atoms with van der Waals surface area (Å²) in [6.07, 6.45) is 2.74. The van der Waals surface area contributed by atoms with E-state index < -0.39 is 11.8 Å². The highest BCUT2D eigenvalue weighted by atomic mass is 16.4. The first-order valence-electron chi connectivity index (χ1n) is 6.12. The molecule has 106 valence electrons. The molecule has 0 aliphatic heterocycles. The van der Waals surface area contributed by atoms with Crippen LogP contribution >= 0.6 is 0 Å². The molecule has 0 fully saturated rings. The molecular weight excluding hydrogens is 270 g/mol. The van der Waals surface area contributed by atoms with Crippen LogP contribution in [0.2, 0.25) is 0 Å². The van der Waals surface area contributed by atoms with Gasteiger partial charge in [0.2, 0.25) is 0 Å². The van der Waals surface area contributed by atoms with E-state index in [1.165, 1.54) is 36.4 Å². The number of phenolic OH excluding ortho intramolecular Hbond substituents is 1. The van der Waals surface area contributed by atoms with Gasteiger partial charge in [-0.3, -0.25) is 4.79 Å². The second-order valence-electron chi connectivity index (χ2n) is 4.37. The lowest BCUT2D eigenvalue weighted by Crippen LogP contribution is -2.06. The van der Waals surface area contributed by atoms with Crippen molar-refractivity contribution in [1.29, 1.82) is 0 Å². The van der Waals surface area contributed by atoms with Crippen molar-refractivity contribution >= 4 is 23.5 Å². The molecule has 0 atom stereocenters. The Kier molecular flexibility index (Phi) is 4.04. The number of carbonyl (C=O) groups excluding carboxylic acids is 1. The molecule has 0 heterocycles. The summed E-state index contributed by atoms with van der Waals surface area (Å²) in [4.78, 5) is 23.1. The molecule has 2 aromatic carbocycles. The fourth-order valence-electron chi connectivity index (χ4n) is 1.81. The number of hydrogen-bond donors (Lipinski definition) is 3. The van der Waals surface area contributed by atoms with Crippen molar-refractivity contribution in [3.63, 3.8) is 0 Å². The SMILES string of the molecule is Nc1ccc(C=CC(=O)c2ccccc2C(=O)O)cc1O. The van der Waals surface area contributed by atoms with Crippen molar-refractivity contribution in [2.24, 2.45) is 0 Å². The van der Waals surface area contributed by atoms with E-state index in [9.17, 15) is 14.7 Å². The van der Waals surface area contributed by atoms with Gasteiger partial charge in [-0.1, -0.05) is 30.3 Å². The fraction of sp³-hybridized carbons (Fsp3) is 0. The Morgan fingerprint density at radius 1 is 1.05 bits per heavy atom. The number of allylic oxidation sites excluding steroid dienone is 1. The molecule has 0 saturated carbocycles. The van der Waals surface area contributed by atoms with Crippen molar-refractivity contribution in [3.8, 4) is 5.75 Å². The maximum Gasteiger partial charge on any atom is 0.336 e. The van der Waals surface area contributed by atoms with Crippen LogP contribution in [0.1, 0.15) is 26.3 Å². The minimum absolute atomic E-state index is 0.0488. The van der Waals surface area contributed by atoms with Gasteiger partial charge in [0.1, 0.15) is 5.75 Å². The van der Waals surface area contributed by atoms with Crippen LogP contribution in [0.25, 0.3) is 6.08 Å². The predicted octanol–water partition coefficient (Wildman–Crippen LogP) is 2.57. The molecule has 0 aliphatic carbocycles. The lowest BCUT2D eigenvalue weighted by atomic mass is 10.0. The zero-order valence-electron chi connectivity index (χ0n) is 11.0. The average molecular weight is 283 g/mol. The summed E-state index contributed by atoms with van der Waals surface area (Å²) in [5.41, 5.74) is 6.38. The smallest absolute Gasteiger partial charge is 0.336 e. The Labute approximate surface area is 121 Å². The van der Waals surface area contributed by atoms with Crippen molar-refractivity contribution < 1.29 is 19.8 Å². The minimum atomic E-state index is -1.16. The summed E-state index contributed by atoms with van der Waals surface area (Å²) < 4.78 is 0. The van der Waals surface area contributed by atoms with Crippen molar-refractivity contribution in [1.82, 2.24) is 0 Å². The average Bonchev–Trinajstić information content (AvgIpc) is 2.48. The van der Waals surface area contributed by atoms with Crippen molar-refractivity contribution in [2.45, 2.75) is 0 Å². The van der Waals surface area contributed by atoms with Gasteiger partial charge >= 0.3 is 5.97 Å². The van der Waals surface area contributed by atoms with E-state index in [4.69, 9.17) is 10.8 Å². The molecule has 0 saturated heterocycles. The number of rotatable bonds is 4. The topological polar surface area (TPSA) is 101 Å². The molecule has 0 unspecified atom stereocenters. The zero-order chi connectivity index (χ0) is 15.4. The van der Waals surface area contributed by atoms with Crippen LogP contribution in [0.4, 0.5) is 5.69 Å². The van der Waals surface area contributed by atoms with Crippen molar-refractivity contribution in [3.05, 3.63) is 65.2 Å². The third-order valence-electron chi connectivity index (χ3n) is 2.90. The van der Waals surface area contributed by atoms with Crippen LogP contribution < -0.4 is 5.73 Å². The van der Waals surface area contributed by atoms with Gasteiger partial charge in [-0.15, -0.1) is 0 Å². The summed E-state index contributed by atoms with van der Waals surface area (Å²) in [6, 6.07) is 10.6. The first-order valence-corrected chi connectivity index (χ1v) is 6.12. The van der Waals surface area contributed by atoms with E-state index >= 15 is 0 Å². The van der Waals surface area contributed by atoms with Gasteiger partial charge in [-0.25, -0.2) is 4.79 Å². The fourth-order valence-corrected chi connectivity index (χ4v) is 1.81. The Morgan fingerprint density at radius 3 is 2.33 bits per heavy atom. The van der Waals surface area contributed by atoms with Crippen LogP contribution in [-0.4, -0.2) is 22.0 Å². The number of anilines is 1. The van der Waals surface area contributed by atoms with Crippen LogP contribution in [0.3, 0.4) is 0 Å². The van der Waals surface area contributed by atoms with E-state index in [0.29, 0.717) is 5.56 Å². The standard InChI is InChI=1S/C16H13NO4/c17-13-7-5-10(9-15(13)19)6-8-14(18)11-3-1-2-4-12(11)16(20)21/h1-9,19H,17H2,(H,20,21). The third-order valence-corrected chi connectivity index (χ3v) is 2.90. The molecule has 0 amide bonds. The molecule has 0 spiro atoms. The second kappa shape index (κ2) is 5.92. The maximum atomic E-state index is 12.1. The molecule has 2 aromatic rings. The number of carbonyl (C=O) groups is 2. The Morgan fingerprint density at radius 2 is 1.71 bits per heavy atom. The number of nitrogens with two attached hydrogens (primary N) is 1. The number of nitrogen functional groups attached to an aromatic ring is 1. The lowest BCUT2D eigenvalue weighted by molar-refractivity contribution is 0.0693. The van der Waals surface area contributed by atoms with E-state index in [-0.39, 0.29) is 22.6 Å². The number of carboxylic acid groups (broad SMARTS) is 1. The molecule has 2 rings (SSSR count). The first-order chi connectivity index (χ1) is 9.99. The number of phenols is 1. The summed E-state index contributed by atoms with van der Waals surface area (Å²) in [5, 5.41) is 18.5. The predicted molar refractivity (Wildman–Crippen MR) is 79.3 cm³/mol. The molecular formula is C16H13NO4. The number of carboxylic acids is 1. The van der Waals surface area contributed by atoms with Gasteiger partial charge in [0.15, 0.2) is 5.78 Å². The lowest BCUT2D eigenvalue weighted by Gasteiger charge is -2.02. The molecule has 0 radical (unpaired) electrons. The summed E-state index contributed by atoms with van der Waals surface area (Å²) >= 11 is 0. The van der Waals surface area contributed by atoms with Gasteiger partial charge in [-0.2, -0.15) is 0 Å². The number of aromatic hydroxyl groups is 1.